The van der Waals surface area contributed by atoms with Crippen molar-refractivity contribution in [2.45, 2.75) is 32.3 Å². The van der Waals surface area contributed by atoms with Gasteiger partial charge < -0.3 is 14.4 Å². The van der Waals surface area contributed by atoms with Crippen LogP contribution in [-0.4, -0.2) is 53.0 Å². The summed E-state index contributed by atoms with van der Waals surface area (Å²) in [6.07, 6.45) is 0.970. The number of hydrogen-bond donors (Lipinski definition) is 0. The molecule has 1 fully saturated rings. The van der Waals surface area contributed by atoms with Crippen molar-refractivity contribution in [1.29, 1.82) is 0 Å². The molecule has 0 N–H and O–H groups in total. The quantitative estimate of drug-likeness (QED) is 0.346. The number of rotatable bonds is 5. The van der Waals surface area contributed by atoms with Gasteiger partial charge in [-0.15, -0.1) is 0 Å². The topological polar surface area (TPSA) is 78.1 Å². The average Bonchev–Trinajstić information content (AvgIpc) is 2.96. The molecule has 10 heteroatoms. The fourth-order valence-corrected chi connectivity index (χ4v) is 3.40. The van der Waals surface area contributed by atoms with Crippen LogP contribution in [0.4, 0.5) is 10.2 Å². The van der Waals surface area contributed by atoms with E-state index in [9.17, 15) is 14.0 Å². The second kappa shape index (κ2) is 8.36. The van der Waals surface area contributed by atoms with Crippen molar-refractivity contribution in [3.63, 3.8) is 0 Å². The first-order valence-electron chi connectivity index (χ1n) is 8.92. The second-order valence-electron chi connectivity index (χ2n) is 7.32. The van der Waals surface area contributed by atoms with Crippen LogP contribution >= 0.6 is 22.6 Å². The summed E-state index contributed by atoms with van der Waals surface area (Å²) in [5.74, 6) is -1.34. The molecule has 1 atom stereocenters. The number of ether oxygens (including phenoxy) is 2. The predicted octanol–water partition coefficient (Wildman–Crippen LogP) is 2.12. The smallest absolute Gasteiger partial charge is 0.337 e. The maximum atomic E-state index is 14.7. The molecule has 1 aliphatic rings. The highest BCUT2D eigenvalue weighted by molar-refractivity contribution is 14.1. The molecule has 1 saturated heterocycles. The van der Waals surface area contributed by atoms with Crippen LogP contribution in [0.25, 0.3) is 5.69 Å². The lowest BCUT2D eigenvalue weighted by molar-refractivity contribution is -0.139. The molecule has 0 spiro atoms. The summed E-state index contributed by atoms with van der Waals surface area (Å²) in [4.78, 5) is 31.7. The Morgan fingerprint density at radius 1 is 1.34 bits per heavy atom. The molecule has 0 aliphatic carbocycles. The largest absolute Gasteiger partial charge is 0.369 e. The zero-order chi connectivity index (χ0) is 21.3. The van der Waals surface area contributed by atoms with Crippen molar-refractivity contribution in [2.24, 2.45) is 4.99 Å². The number of aliphatic imine (C=N–C) groups is 1. The van der Waals surface area contributed by atoms with Gasteiger partial charge in [0.1, 0.15) is 17.7 Å². The molecule has 8 nitrogen and oxygen atoms in total. The lowest BCUT2D eigenvalue weighted by atomic mass is 10.3. The van der Waals surface area contributed by atoms with Crippen molar-refractivity contribution in [1.82, 2.24) is 14.0 Å². The van der Waals surface area contributed by atoms with Gasteiger partial charge in [0.05, 0.1) is 25.2 Å². The normalized spacial score (nSPS) is 18.5. The monoisotopic (exact) mass is 516 g/mol. The van der Waals surface area contributed by atoms with Gasteiger partial charge in [-0.05, 0) is 54.6 Å². The third kappa shape index (κ3) is 4.93. The molecule has 29 heavy (non-hydrogen) atoms. The Labute approximate surface area is 180 Å². The molecule has 1 aromatic carbocycles. The maximum Gasteiger partial charge on any atom is 0.337 e. The van der Waals surface area contributed by atoms with Crippen LogP contribution in [0.5, 0.6) is 0 Å². The van der Waals surface area contributed by atoms with E-state index in [-0.39, 0.29) is 24.7 Å². The van der Waals surface area contributed by atoms with Gasteiger partial charge in [0.15, 0.2) is 5.79 Å². The Balaban J connectivity index is 2.15. The molecule has 0 amide bonds. The highest BCUT2D eigenvalue weighted by atomic mass is 127. The first-order valence-corrected chi connectivity index (χ1v) is 10.00. The van der Waals surface area contributed by atoms with E-state index >= 15 is 0 Å². The third-order valence-electron chi connectivity index (χ3n) is 4.19. The van der Waals surface area contributed by atoms with E-state index in [1.54, 1.807) is 38.9 Å². The minimum absolute atomic E-state index is 0.00917. The number of benzene rings is 1. The first kappa shape index (κ1) is 21.7. The summed E-state index contributed by atoms with van der Waals surface area (Å²) in [6, 6.07) is 5.68. The van der Waals surface area contributed by atoms with Crippen molar-refractivity contribution in [3.05, 3.63) is 54.5 Å². The van der Waals surface area contributed by atoms with Gasteiger partial charge in [-0.2, -0.15) is 0 Å². The third-order valence-corrected chi connectivity index (χ3v) is 4.87. The number of hydrogen-bond acceptors (Lipinski definition) is 5. The molecule has 0 saturated carbocycles. The van der Waals surface area contributed by atoms with Crippen molar-refractivity contribution < 1.29 is 13.9 Å². The summed E-state index contributed by atoms with van der Waals surface area (Å²) >= 11 is 1.98. The van der Waals surface area contributed by atoms with E-state index in [0.29, 0.717) is 3.57 Å². The molecule has 0 bridgehead atoms. The summed E-state index contributed by atoms with van der Waals surface area (Å²) < 4.78 is 28.7. The lowest BCUT2D eigenvalue weighted by Gasteiger charge is -2.18. The number of aromatic nitrogens is 2. The molecule has 0 unspecified atom stereocenters. The maximum absolute atomic E-state index is 14.7. The van der Waals surface area contributed by atoms with Gasteiger partial charge in [0, 0.05) is 23.7 Å². The van der Waals surface area contributed by atoms with Crippen LogP contribution < -0.4 is 11.2 Å². The zero-order valence-corrected chi connectivity index (χ0v) is 18.7. The van der Waals surface area contributed by atoms with Gasteiger partial charge in [0.25, 0.3) is 5.56 Å². The van der Waals surface area contributed by atoms with Crippen molar-refractivity contribution >= 4 is 34.7 Å². The zero-order valence-electron chi connectivity index (χ0n) is 16.6. The minimum Gasteiger partial charge on any atom is -0.369 e. The molecule has 156 valence electrons. The molecule has 1 aromatic heterocycles. The second-order valence-corrected chi connectivity index (χ2v) is 8.57. The van der Waals surface area contributed by atoms with E-state index < -0.39 is 29.0 Å². The number of nitrogens with zero attached hydrogens (tertiary/aromatic N) is 4. The lowest BCUT2D eigenvalue weighted by Crippen LogP contribution is -2.42. The first-order chi connectivity index (χ1) is 13.6. The van der Waals surface area contributed by atoms with E-state index in [0.717, 1.165) is 9.13 Å². The predicted molar refractivity (Wildman–Crippen MR) is 116 cm³/mol. The Morgan fingerprint density at radius 2 is 2.07 bits per heavy atom. The van der Waals surface area contributed by atoms with Crippen LogP contribution in [0.2, 0.25) is 0 Å². The molecule has 3 rings (SSSR count). The Kier molecular flexibility index (Phi) is 6.24. The van der Waals surface area contributed by atoms with Crippen molar-refractivity contribution in [2.75, 3.05) is 20.7 Å². The van der Waals surface area contributed by atoms with Crippen LogP contribution in [0.15, 0.2) is 38.8 Å². The summed E-state index contributed by atoms with van der Waals surface area (Å²) in [7, 11) is 3.50. The van der Waals surface area contributed by atoms with Crippen LogP contribution in [0, 0.1) is 9.39 Å². The summed E-state index contributed by atoms with van der Waals surface area (Å²) in [6.45, 7) is 3.75. The molecular formula is C19H22FIN4O4. The van der Waals surface area contributed by atoms with Gasteiger partial charge in [0.2, 0.25) is 0 Å². The van der Waals surface area contributed by atoms with E-state index in [2.05, 4.69) is 4.99 Å². The fraction of sp³-hybridized carbons (Fsp3) is 0.421. The molecule has 0 radical (unpaired) electrons. The molecule has 2 aromatic rings. The Morgan fingerprint density at radius 3 is 2.66 bits per heavy atom. The highest BCUT2D eigenvalue weighted by Crippen LogP contribution is 2.23. The number of halogens is 2. The standard InChI is InChI=1S/C19H22FIN4O4/c1-19(2)28-10-13(29-19)9-24-17(26)8-16(22-11-23(3)4)25(18(24)27)15-6-5-12(21)7-14(15)20/h5-8,11,13H,9-10H2,1-4H3/b22-11+/t13-/m0/s1. The van der Waals surface area contributed by atoms with E-state index in [4.69, 9.17) is 9.47 Å². The van der Waals surface area contributed by atoms with Gasteiger partial charge in [-0.1, -0.05) is 0 Å². The summed E-state index contributed by atoms with van der Waals surface area (Å²) in [5, 5.41) is 0. The minimum atomic E-state index is -0.786. The summed E-state index contributed by atoms with van der Waals surface area (Å²) in [5.41, 5.74) is -1.23. The highest BCUT2D eigenvalue weighted by Gasteiger charge is 2.33. The van der Waals surface area contributed by atoms with E-state index in [1.807, 2.05) is 22.6 Å². The molecular weight excluding hydrogens is 494 g/mol. The Hall–Kier alpha value is -2.05. The van der Waals surface area contributed by atoms with Crippen molar-refractivity contribution in [3.8, 4) is 5.69 Å². The van der Waals surface area contributed by atoms with Gasteiger partial charge in [-0.25, -0.2) is 18.7 Å². The van der Waals surface area contributed by atoms with Crippen LogP contribution in [0.1, 0.15) is 13.8 Å². The van der Waals surface area contributed by atoms with Gasteiger partial charge in [-0.3, -0.25) is 9.36 Å². The van der Waals surface area contributed by atoms with Crippen LogP contribution in [-0.2, 0) is 16.0 Å². The molecule has 2 heterocycles. The van der Waals surface area contributed by atoms with E-state index in [1.165, 1.54) is 24.5 Å². The van der Waals surface area contributed by atoms with Crippen LogP contribution in [0.3, 0.4) is 0 Å². The van der Waals surface area contributed by atoms with Gasteiger partial charge >= 0.3 is 5.69 Å². The fourth-order valence-electron chi connectivity index (χ4n) is 2.95. The SMILES string of the molecule is CN(C)/C=N/c1cc(=O)n(C[C@H]2COC(C)(C)O2)c(=O)n1-c1ccc(I)cc1F. The molecule has 1 aliphatic heterocycles. The Bertz CT molecular complexity index is 1060. The average molecular weight is 516 g/mol.